The number of amides is 3. The standard InChI is InChI=1S/C23H28N4O6/c1-14(2)19(27-23(31)33-12-15-6-4-3-5-7-15)21(29)26-17-9-8-16-13-32-18(25-16)10-11-24-22(30)20(17)28/h3-7,13-14,17,19H,8-12H2,1-2H3,(H,24,30)(H,26,29)(H,27,31). The van der Waals surface area contributed by atoms with E-state index in [2.05, 4.69) is 20.9 Å². The fourth-order valence-electron chi connectivity index (χ4n) is 3.36. The smallest absolute Gasteiger partial charge is 0.408 e. The van der Waals surface area contributed by atoms with E-state index in [4.69, 9.17) is 9.15 Å². The Kier molecular flexibility index (Phi) is 8.17. The number of ketones is 1. The van der Waals surface area contributed by atoms with Gasteiger partial charge in [0, 0.05) is 13.0 Å². The number of hydrogen-bond donors (Lipinski definition) is 3. The van der Waals surface area contributed by atoms with Gasteiger partial charge in [0.15, 0.2) is 5.89 Å². The average Bonchev–Trinajstić information content (AvgIpc) is 3.25. The Balaban J connectivity index is 1.63. The molecule has 0 radical (unpaired) electrons. The molecule has 3 rings (SSSR count). The van der Waals surface area contributed by atoms with Gasteiger partial charge in [-0.2, -0.15) is 0 Å². The van der Waals surface area contributed by atoms with Crippen LogP contribution in [0.5, 0.6) is 0 Å². The fraction of sp³-hybridized carbons (Fsp3) is 0.435. The molecule has 10 heteroatoms. The predicted octanol–water partition coefficient (Wildman–Crippen LogP) is 1.28. The van der Waals surface area contributed by atoms with E-state index in [1.807, 2.05) is 30.3 Å². The second-order valence-electron chi connectivity index (χ2n) is 8.13. The van der Waals surface area contributed by atoms with E-state index in [1.54, 1.807) is 13.8 Å². The summed E-state index contributed by atoms with van der Waals surface area (Å²) in [6.07, 6.45) is 1.61. The molecule has 2 bridgehead atoms. The molecule has 1 aromatic heterocycles. The molecule has 33 heavy (non-hydrogen) atoms. The highest BCUT2D eigenvalue weighted by Gasteiger charge is 2.32. The number of fused-ring (bicyclic) bond motifs is 2. The van der Waals surface area contributed by atoms with Crippen molar-refractivity contribution >= 4 is 23.7 Å². The highest BCUT2D eigenvalue weighted by molar-refractivity contribution is 6.38. The topological polar surface area (TPSA) is 140 Å². The van der Waals surface area contributed by atoms with Crippen molar-refractivity contribution in [3.05, 3.63) is 53.7 Å². The Morgan fingerprint density at radius 2 is 1.97 bits per heavy atom. The van der Waals surface area contributed by atoms with Crippen molar-refractivity contribution in [2.75, 3.05) is 6.54 Å². The zero-order valence-corrected chi connectivity index (χ0v) is 18.6. The molecular formula is C23H28N4O6. The van der Waals surface area contributed by atoms with Gasteiger partial charge in [0.25, 0.3) is 5.91 Å². The summed E-state index contributed by atoms with van der Waals surface area (Å²) in [5.74, 6) is -1.94. The summed E-state index contributed by atoms with van der Waals surface area (Å²) < 4.78 is 10.5. The van der Waals surface area contributed by atoms with Gasteiger partial charge in [-0.05, 0) is 24.3 Å². The first-order valence-corrected chi connectivity index (χ1v) is 10.9. The molecular weight excluding hydrogens is 428 g/mol. The monoisotopic (exact) mass is 456 g/mol. The van der Waals surface area contributed by atoms with Crippen LogP contribution in [0.3, 0.4) is 0 Å². The number of hydrogen-bond acceptors (Lipinski definition) is 7. The second kappa shape index (κ2) is 11.3. The zero-order valence-electron chi connectivity index (χ0n) is 18.6. The summed E-state index contributed by atoms with van der Waals surface area (Å²) in [6.45, 7) is 3.75. The molecule has 10 nitrogen and oxygen atoms in total. The molecule has 1 aromatic carbocycles. The maximum absolute atomic E-state index is 13.0. The quantitative estimate of drug-likeness (QED) is 0.557. The van der Waals surface area contributed by atoms with E-state index in [1.165, 1.54) is 6.26 Å². The minimum absolute atomic E-state index is 0.0556. The third-order valence-corrected chi connectivity index (χ3v) is 5.20. The zero-order chi connectivity index (χ0) is 23.8. The van der Waals surface area contributed by atoms with Gasteiger partial charge in [-0.1, -0.05) is 44.2 Å². The third kappa shape index (κ3) is 6.90. The van der Waals surface area contributed by atoms with Gasteiger partial charge in [0.1, 0.15) is 18.9 Å². The Morgan fingerprint density at radius 3 is 2.70 bits per heavy atom. The molecule has 2 atom stereocenters. The molecule has 2 heterocycles. The first-order valence-electron chi connectivity index (χ1n) is 10.9. The molecule has 1 aliphatic heterocycles. The van der Waals surface area contributed by atoms with Gasteiger partial charge >= 0.3 is 6.09 Å². The van der Waals surface area contributed by atoms with Gasteiger partial charge < -0.3 is 25.1 Å². The molecule has 0 spiro atoms. The van der Waals surface area contributed by atoms with Crippen LogP contribution >= 0.6 is 0 Å². The van der Waals surface area contributed by atoms with Gasteiger partial charge in [-0.15, -0.1) is 0 Å². The molecule has 0 aliphatic carbocycles. The molecule has 3 N–H and O–H groups in total. The number of nitrogens with one attached hydrogen (secondary N) is 3. The Bertz CT molecular complexity index is 988. The van der Waals surface area contributed by atoms with Crippen molar-refractivity contribution in [3.63, 3.8) is 0 Å². The van der Waals surface area contributed by atoms with E-state index < -0.39 is 35.8 Å². The number of rotatable bonds is 6. The number of alkyl carbamates (subject to hydrolysis) is 1. The van der Waals surface area contributed by atoms with Crippen molar-refractivity contribution in [2.45, 2.75) is 51.8 Å². The van der Waals surface area contributed by atoms with Gasteiger partial charge in [-0.25, -0.2) is 9.78 Å². The summed E-state index contributed by atoms with van der Waals surface area (Å²) >= 11 is 0. The van der Waals surface area contributed by atoms with Crippen LogP contribution < -0.4 is 16.0 Å². The van der Waals surface area contributed by atoms with Crippen LogP contribution in [0.2, 0.25) is 0 Å². The molecule has 2 aromatic rings. The molecule has 2 unspecified atom stereocenters. The van der Waals surface area contributed by atoms with E-state index in [0.29, 0.717) is 24.4 Å². The first kappa shape index (κ1) is 24.0. The number of ether oxygens (including phenoxy) is 1. The van der Waals surface area contributed by atoms with Crippen molar-refractivity contribution in [1.29, 1.82) is 0 Å². The molecule has 3 amide bonds. The van der Waals surface area contributed by atoms with E-state index in [0.717, 1.165) is 5.56 Å². The second-order valence-corrected chi connectivity index (χ2v) is 8.13. The fourth-order valence-corrected chi connectivity index (χ4v) is 3.36. The lowest BCUT2D eigenvalue weighted by Gasteiger charge is -2.24. The van der Waals surface area contributed by atoms with E-state index in [9.17, 15) is 19.2 Å². The largest absolute Gasteiger partial charge is 0.449 e. The lowest BCUT2D eigenvalue weighted by atomic mass is 10.0. The number of nitrogens with zero attached hydrogens (tertiary/aromatic N) is 1. The number of oxazole rings is 1. The number of carbonyl (C=O) groups excluding carboxylic acids is 4. The predicted molar refractivity (Wildman–Crippen MR) is 117 cm³/mol. The molecule has 0 saturated heterocycles. The van der Waals surface area contributed by atoms with Crippen LogP contribution in [-0.4, -0.2) is 47.3 Å². The highest BCUT2D eigenvalue weighted by Crippen LogP contribution is 2.11. The SMILES string of the molecule is CC(C)C(NC(=O)OCc1ccccc1)C(=O)NC1CCc2coc(n2)CCNC(=O)C1=O. The summed E-state index contributed by atoms with van der Waals surface area (Å²) in [7, 11) is 0. The van der Waals surface area contributed by atoms with Crippen LogP contribution in [0.1, 0.15) is 37.4 Å². The van der Waals surface area contributed by atoms with E-state index >= 15 is 0 Å². The van der Waals surface area contributed by atoms with Crippen molar-refractivity contribution < 1.29 is 28.3 Å². The number of aromatic nitrogens is 1. The molecule has 1 aliphatic rings. The van der Waals surface area contributed by atoms with Crippen LogP contribution in [-0.2, 0) is 38.6 Å². The minimum atomic E-state index is -1.07. The molecule has 0 fully saturated rings. The third-order valence-electron chi connectivity index (χ3n) is 5.20. The summed E-state index contributed by atoms with van der Waals surface area (Å²) in [5, 5.41) is 7.69. The van der Waals surface area contributed by atoms with Gasteiger partial charge in [0.2, 0.25) is 11.7 Å². The van der Waals surface area contributed by atoms with Crippen molar-refractivity contribution in [2.24, 2.45) is 5.92 Å². The van der Waals surface area contributed by atoms with Gasteiger partial charge in [0.05, 0.1) is 11.7 Å². The number of aryl methyl sites for hydroxylation is 1. The van der Waals surface area contributed by atoms with Crippen molar-refractivity contribution in [1.82, 2.24) is 20.9 Å². The molecule has 0 saturated carbocycles. The summed E-state index contributed by atoms with van der Waals surface area (Å²) in [4.78, 5) is 54.5. The number of benzene rings is 1. The number of Topliss-reactive ketones (excluding diaryl/α,β-unsaturated/α-hetero) is 1. The first-order chi connectivity index (χ1) is 15.8. The van der Waals surface area contributed by atoms with Crippen molar-refractivity contribution in [3.8, 4) is 0 Å². The maximum atomic E-state index is 13.0. The lowest BCUT2D eigenvalue weighted by Crippen LogP contribution is -2.55. The lowest BCUT2D eigenvalue weighted by molar-refractivity contribution is -0.140. The van der Waals surface area contributed by atoms with Crippen LogP contribution in [0.25, 0.3) is 0 Å². The Labute approximate surface area is 191 Å². The minimum Gasteiger partial charge on any atom is -0.449 e. The summed E-state index contributed by atoms with van der Waals surface area (Å²) in [6, 6.07) is 7.11. The van der Waals surface area contributed by atoms with Crippen LogP contribution in [0.4, 0.5) is 4.79 Å². The Morgan fingerprint density at radius 1 is 1.21 bits per heavy atom. The van der Waals surface area contributed by atoms with E-state index in [-0.39, 0.29) is 25.5 Å². The van der Waals surface area contributed by atoms with Crippen LogP contribution in [0, 0.1) is 5.92 Å². The van der Waals surface area contributed by atoms with Crippen LogP contribution in [0.15, 0.2) is 41.0 Å². The molecule has 176 valence electrons. The summed E-state index contributed by atoms with van der Waals surface area (Å²) in [5.41, 5.74) is 1.44. The average molecular weight is 456 g/mol. The maximum Gasteiger partial charge on any atom is 0.408 e. The Hall–Kier alpha value is -3.69. The number of carbonyl (C=O) groups is 4. The van der Waals surface area contributed by atoms with Gasteiger partial charge in [-0.3, -0.25) is 14.4 Å². The normalized spacial score (nSPS) is 17.5. The highest BCUT2D eigenvalue weighted by atomic mass is 16.5.